The van der Waals surface area contributed by atoms with Gasteiger partial charge in [-0.3, -0.25) is 4.79 Å². The maximum atomic E-state index is 11.5. The Morgan fingerprint density at radius 2 is 2.36 bits per heavy atom. The maximum Gasteiger partial charge on any atom is 0.220 e. The van der Waals surface area contributed by atoms with Gasteiger partial charge >= 0.3 is 0 Å². The molecule has 2 heteroatoms. The molecule has 2 unspecified atom stereocenters. The molecule has 2 fully saturated rings. The van der Waals surface area contributed by atoms with Crippen LogP contribution in [-0.2, 0) is 4.79 Å². The van der Waals surface area contributed by atoms with Gasteiger partial charge in [0.25, 0.3) is 0 Å². The van der Waals surface area contributed by atoms with Crippen molar-refractivity contribution in [2.45, 2.75) is 50.5 Å². The molecule has 0 aromatic heterocycles. The monoisotopic (exact) mass is 193 g/mol. The number of carbonyl (C=O) groups is 1. The van der Waals surface area contributed by atoms with Gasteiger partial charge in [0, 0.05) is 12.0 Å². The van der Waals surface area contributed by atoms with Crippen LogP contribution in [0.15, 0.2) is 12.7 Å². The van der Waals surface area contributed by atoms with Gasteiger partial charge in [-0.25, -0.2) is 0 Å². The Balaban J connectivity index is 2.17. The second-order valence-corrected chi connectivity index (χ2v) is 4.68. The van der Waals surface area contributed by atoms with Crippen LogP contribution < -0.4 is 5.32 Å². The lowest BCUT2D eigenvalue weighted by Gasteiger charge is -2.47. The first-order valence-electron chi connectivity index (χ1n) is 5.69. The molecule has 2 atom stereocenters. The molecule has 1 aliphatic heterocycles. The van der Waals surface area contributed by atoms with E-state index in [4.69, 9.17) is 0 Å². The van der Waals surface area contributed by atoms with E-state index < -0.39 is 0 Å². The summed E-state index contributed by atoms with van der Waals surface area (Å²) in [6.07, 6.45) is 9.74. The van der Waals surface area contributed by atoms with Crippen molar-refractivity contribution >= 4 is 5.91 Å². The van der Waals surface area contributed by atoms with Gasteiger partial charge in [0.15, 0.2) is 0 Å². The van der Waals surface area contributed by atoms with Crippen LogP contribution >= 0.6 is 0 Å². The van der Waals surface area contributed by atoms with Crippen LogP contribution in [-0.4, -0.2) is 11.4 Å². The topological polar surface area (TPSA) is 29.1 Å². The average molecular weight is 193 g/mol. The first kappa shape index (κ1) is 9.75. The highest BCUT2D eigenvalue weighted by atomic mass is 16.1. The second kappa shape index (κ2) is 3.76. The van der Waals surface area contributed by atoms with Gasteiger partial charge < -0.3 is 5.32 Å². The lowest BCUT2D eigenvalue weighted by Crippen LogP contribution is -2.58. The van der Waals surface area contributed by atoms with Crippen LogP contribution in [0.25, 0.3) is 0 Å². The molecule has 1 aliphatic carbocycles. The summed E-state index contributed by atoms with van der Waals surface area (Å²) in [5, 5.41) is 3.22. The van der Waals surface area contributed by atoms with Crippen molar-refractivity contribution in [3.05, 3.63) is 12.7 Å². The fourth-order valence-electron chi connectivity index (χ4n) is 3.12. The number of piperidine rings is 1. The zero-order valence-corrected chi connectivity index (χ0v) is 8.72. The lowest BCUT2D eigenvalue weighted by atomic mass is 9.67. The highest BCUT2D eigenvalue weighted by Gasteiger charge is 2.43. The quantitative estimate of drug-likeness (QED) is 0.670. The molecular formula is C12H19NO. The summed E-state index contributed by atoms with van der Waals surface area (Å²) in [7, 11) is 0. The molecule has 0 aromatic carbocycles. The lowest BCUT2D eigenvalue weighted by molar-refractivity contribution is -0.127. The van der Waals surface area contributed by atoms with Crippen molar-refractivity contribution in [1.29, 1.82) is 0 Å². The highest BCUT2D eigenvalue weighted by Crippen LogP contribution is 2.41. The molecule has 1 N–H and O–H groups in total. The summed E-state index contributed by atoms with van der Waals surface area (Å²) in [5.74, 6) is 0.942. The zero-order valence-electron chi connectivity index (χ0n) is 8.72. The molecule has 1 saturated carbocycles. The minimum absolute atomic E-state index is 0.0787. The number of amides is 1. The third kappa shape index (κ3) is 1.58. The van der Waals surface area contributed by atoms with E-state index in [-0.39, 0.29) is 11.4 Å². The van der Waals surface area contributed by atoms with E-state index in [1.165, 1.54) is 19.3 Å². The summed E-state index contributed by atoms with van der Waals surface area (Å²) in [4.78, 5) is 11.5. The number of carbonyl (C=O) groups excluding carboxylic acids is 1. The van der Waals surface area contributed by atoms with Crippen LogP contribution in [0.1, 0.15) is 44.9 Å². The normalized spacial score (nSPS) is 37.1. The Bertz CT molecular complexity index is 249. The molecule has 1 amide bonds. The van der Waals surface area contributed by atoms with Crippen molar-refractivity contribution in [2.75, 3.05) is 0 Å². The van der Waals surface area contributed by atoms with Gasteiger partial charge in [0.1, 0.15) is 0 Å². The van der Waals surface area contributed by atoms with Crippen molar-refractivity contribution in [1.82, 2.24) is 5.32 Å². The molecule has 1 heterocycles. The summed E-state index contributed by atoms with van der Waals surface area (Å²) in [5.41, 5.74) is 0.0787. The van der Waals surface area contributed by atoms with Gasteiger partial charge in [-0.2, -0.15) is 0 Å². The standard InChI is InChI=1S/C12H19NO/c1-2-8-12-9-4-3-5-10(12)6-7-11(14)13-12/h2,10H,1,3-9H2,(H,13,14). The minimum atomic E-state index is 0.0787. The maximum absolute atomic E-state index is 11.5. The highest BCUT2D eigenvalue weighted by molar-refractivity contribution is 5.78. The van der Waals surface area contributed by atoms with Crippen LogP contribution in [0.2, 0.25) is 0 Å². The second-order valence-electron chi connectivity index (χ2n) is 4.68. The first-order chi connectivity index (χ1) is 6.77. The number of nitrogens with one attached hydrogen (secondary N) is 1. The van der Waals surface area contributed by atoms with E-state index in [1.54, 1.807) is 0 Å². The molecule has 2 rings (SSSR count). The largest absolute Gasteiger partial charge is 0.350 e. The van der Waals surface area contributed by atoms with Gasteiger partial charge in [-0.05, 0) is 31.6 Å². The van der Waals surface area contributed by atoms with Crippen molar-refractivity contribution in [3.8, 4) is 0 Å². The molecule has 14 heavy (non-hydrogen) atoms. The minimum Gasteiger partial charge on any atom is -0.350 e. The van der Waals surface area contributed by atoms with E-state index in [9.17, 15) is 4.79 Å². The molecule has 0 aromatic rings. The third-order valence-electron chi connectivity index (χ3n) is 3.82. The third-order valence-corrected chi connectivity index (χ3v) is 3.82. The Kier molecular flexibility index (Phi) is 2.62. The SMILES string of the molecule is C=CCC12CCCCC1CCC(=O)N2. The Hall–Kier alpha value is -0.790. The fraction of sp³-hybridized carbons (Fsp3) is 0.750. The fourth-order valence-corrected chi connectivity index (χ4v) is 3.12. The summed E-state index contributed by atoms with van der Waals surface area (Å²) < 4.78 is 0. The molecule has 1 saturated heterocycles. The van der Waals surface area contributed by atoms with Crippen LogP contribution in [0, 0.1) is 5.92 Å². The van der Waals surface area contributed by atoms with Crippen LogP contribution in [0.4, 0.5) is 0 Å². The molecule has 78 valence electrons. The Labute approximate surface area is 85.8 Å². The zero-order chi connectivity index (χ0) is 10.0. The van der Waals surface area contributed by atoms with E-state index >= 15 is 0 Å². The molecule has 0 radical (unpaired) electrons. The van der Waals surface area contributed by atoms with Crippen molar-refractivity contribution in [3.63, 3.8) is 0 Å². The van der Waals surface area contributed by atoms with E-state index in [2.05, 4.69) is 11.9 Å². The number of rotatable bonds is 2. The number of hydrogen-bond donors (Lipinski definition) is 1. The van der Waals surface area contributed by atoms with Crippen LogP contribution in [0.3, 0.4) is 0 Å². The van der Waals surface area contributed by atoms with Crippen molar-refractivity contribution < 1.29 is 4.79 Å². The Morgan fingerprint density at radius 3 is 3.14 bits per heavy atom. The van der Waals surface area contributed by atoms with Gasteiger partial charge in [0.2, 0.25) is 5.91 Å². The van der Waals surface area contributed by atoms with E-state index in [0.717, 1.165) is 25.7 Å². The van der Waals surface area contributed by atoms with Crippen molar-refractivity contribution in [2.24, 2.45) is 5.92 Å². The molecule has 0 bridgehead atoms. The summed E-state index contributed by atoms with van der Waals surface area (Å²) in [6, 6.07) is 0. The van der Waals surface area contributed by atoms with Gasteiger partial charge in [0.05, 0.1) is 0 Å². The molecule has 2 nitrogen and oxygen atoms in total. The van der Waals surface area contributed by atoms with E-state index in [0.29, 0.717) is 5.92 Å². The predicted molar refractivity (Wildman–Crippen MR) is 56.9 cm³/mol. The van der Waals surface area contributed by atoms with E-state index in [1.807, 2.05) is 6.08 Å². The molecular weight excluding hydrogens is 174 g/mol. The first-order valence-corrected chi connectivity index (χ1v) is 5.69. The van der Waals surface area contributed by atoms with Gasteiger partial charge in [-0.15, -0.1) is 6.58 Å². The molecule has 0 spiro atoms. The summed E-state index contributed by atoms with van der Waals surface area (Å²) in [6.45, 7) is 3.81. The predicted octanol–water partition coefficient (Wildman–Crippen LogP) is 2.40. The van der Waals surface area contributed by atoms with Gasteiger partial charge in [-0.1, -0.05) is 18.9 Å². The Morgan fingerprint density at radius 1 is 1.50 bits per heavy atom. The van der Waals surface area contributed by atoms with Crippen LogP contribution in [0.5, 0.6) is 0 Å². The molecule has 2 aliphatic rings. The number of fused-ring (bicyclic) bond motifs is 1. The smallest absolute Gasteiger partial charge is 0.220 e. The summed E-state index contributed by atoms with van der Waals surface area (Å²) >= 11 is 0. The average Bonchev–Trinajstić information content (AvgIpc) is 2.17. The number of hydrogen-bond acceptors (Lipinski definition) is 1.